The Labute approximate surface area is 106 Å². The average Bonchev–Trinajstić information content (AvgIpc) is 2.60. The quantitative estimate of drug-likeness (QED) is 0.739. The highest BCUT2D eigenvalue weighted by Crippen LogP contribution is 2.19. The maximum atomic E-state index is 4.67. The number of hydrogen-bond acceptors (Lipinski definition) is 2. The van der Waals surface area contributed by atoms with Gasteiger partial charge in [-0.15, -0.1) is 0 Å². The summed E-state index contributed by atoms with van der Waals surface area (Å²) in [4.78, 5) is 0. The lowest BCUT2D eigenvalue weighted by molar-refractivity contribution is 0.464. The van der Waals surface area contributed by atoms with Gasteiger partial charge in [0, 0.05) is 11.7 Å². The molecule has 1 rings (SSSR count). The molecule has 0 aromatic carbocycles. The van der Waals surface area contributed by atoms with Crippen LogP contribution in [0.15, 0.2) is 0 Å². The summed E-state index contributed by atoms with van der Waals surface area (Å²) in [6.07, 6.45) is 3.42. The van der Waals surface area contributed by atoms with Gasteiger partial charge in [0.05, 0.1) is 5.69 Å². The van der Waals surface area contributed by atoms with Crippen LogP contribution < -0.4 is 5.32 Å². The molecule has 1 unspecified atom stereocenters. The van der Waals surface area contributed by atoms with Crippen LogP contribution in [0.4, 0.5) is 0 Å². The molecule has 17 heavy (non-hydrogen) atoms. The summed E-state index contributed by atoms with van der Waals surface area (Å²) in [7, 11) is 0. The zero-order chi connectivity index (χ0) is 12.8. The summed E-state index contributed by atoms with van der Waals surface area (Å²) in [5.41, 5.74) is 3.96. The van der Waals surface area contributed by atoms with E-state index in [2.05, 4.69) is 49.7 Å². The van der Waals surface area contributed by atoms with E-state index in [0.717, 1.165) is 25.9 Å². The van der Waals surface area contributed by atoms with Gasteiger partial charge < -0.3 is 5.32 Å². The lowest BCUT2D eigenvalue weighted by Gasteiger charge is -2.12. The molecule has 0 amide bonds. The Morgan fingerprint density at radius 1 is 1.24 bits per heavy atom. The van der Waals surface area contributed by atoms with E-state index in [1.54, 1.807) is 0 Å². The van der Waals surface area contributed by atoms with Crippen LogP contribution in [0, 0.1) is 13.8 Å². The molecular weight excluding hydrogens is 210 g/mol. The van der Waals surface area contributed by atoms with Crippen molar-refractivity contribution in [3.05, 3.63) is 17.0 Å². The highest BCUT2D eigenvalue weighted by atomic mass is 15.3. The Morgan fingerprint density at radius 3 is 2.53 bits per heavy atom. The molecule has 1 aromatic rings. The minimum Gasteiger partial charge on any atom is -0.316 e. The Kier molecular flexibility index (Phi) is 5.69. The second-order valence-electron chi connectivity index (χ2n) is 4.85. The number of rotatable bonds is 7. The summed E-state index contributed by atoms with van der Waals surface area (Å²) >= 11 is 0. The van der Waals surface area contributed by atoms with Crippen molar-refractivity contribution in [2.45, 2.75) is 59.9 Å². The van der Waals surface area contributed by atoms with Gasteiger partial charge in [-0.1, -0.05) is 13.8 Å². The number of hydrogen-bond donors (Lipinski definition) is 1. The van der Waals surface area contributed by atoms with Gasteiger partial charge >= 0.3 is 0 Å². The first-order chi connectivity index (χ1) is 8.11. The predicted octanol–water partition coefficient (Wildman–Crippen LogP) is 3.01. The minimum atomic E-state index is 0.506. The summed E-state index contributed by atoms with van der Waals surface area (Å²) in [5, 5.41) is 8.12. The van der Waals surface area contributed by atoms with Crippen molar-refractivity contribution in [3.63, 3.8) is 0 Å². The lowest BCUT2D eigenvalue weighted by Crippen LogP contribution is -2.18. The van der Waals surface area contributed by atoms with Crippen LogP contribution in [-0.2, 0) is 6.42 Å². The standard InChI is InChI=1S/C14H27N3/c1-6-9-15-10-8-14-12(4)16-17(13(14)5)11(3)7-2/h11,15H,6-10H2,1-5H3. The van der Waals surface area contributed by atoms with Gasteiger partial charge in [0.25, 0.3) is 0 Å². The van der Waals surface area contributed by atoms with Crippen LogP contribution in [0.2, 0.25) is 0 Å². The molecule has 0 bridgehead atoms. The largest absolute Gasteiger partial charge is 0.316 e. The number of nitrogens with zero attached hydrogens (tertiary/aromatic N) is 2. The van der Waals surface area contributed by atoms with E-state index in [1.165, 1.54) is 23.4 Å². The molecule has 0 aliphatic heterocycles. The van der Waals surface area contributed by atoms with Crippen molar-refractivity contribution < 1.29 is 0 Å². The minimum absolute atomic E-state index is 0.506. The highest BCUT2D eigenvalue weighted by Gasteiger charge is 2.13. The van der Waals surface area contributed by atoms with Crippen molar-refractivity contribution >= 4 is 0 Å². The number of aryl methyl sites for hydroxylation is 1. The Balaban J connectivity index is 2.69. The van der Waals surface area contributed by atoms with E-state index in [1.807, 2.05) is 0 Å². The fourth-order valence-corrected chi connectivity index (χ4v) is 2.18. The smallest absolute Gasteiger partial charge is 0.0629 e. The second kappa shape index (κ2) is 6.80. The van der Waals surface area contributed by atoms with Crippen LogP contribution in [-0.4, -0.2) is 22.9 Å². The van der Waals surface area contributed by atoms with Crippen LogP contribution in [0.3, 0.4) is 0 Å². The Hall–Kier alpha value is -0.830. The molecule has 0 fully saturated rings. The third-order valence-electron chi connectivity index (χ3n) is 3.46. The van der Waals surface area contributed by atoms with Gasteiger partial charge in [-0.3, -0.25) is 4.68 Å². The maximum absolute atomic E-state index is 4.67. The fourth-order valence-electron chi connectivity index (χ4n) is 2.18. The van der Waals surface area contributed by atoms with Crippen molar-refractivity contribution in [2.24, 2.45) is 0 Å². The predicted molar refractivity (Wildman–Crippen MR) is 73.6 cm³/mol. The SMILES string of the molecule is CCCNCCc1c(C)nn(C(C)CC)c1C. The maximum Gasteiger partial charge on any atom is 0.0629 e. The van der Waals surface area contributed by atoms with Gasteiger partial charge in [0.15, 0.2) is 0 Å². The van der Waals surface area contributed by atoms with E-state index in [4.69, 9.17) is 0 Å². The first kappa shape index (κ1) is 14.2. The monoisotopic (exact) mass is 237 g/mol. The van der Waals surface area contributed by atoms with Crippen LogP contribution in [0.1, 0.15) is 56.6 Å². The third-order valence-corrected chi connectivity index (χ3v) is 3.46. The van der Waals surface area contributed by atoms with Crippen LogP contribution in [0.25, 0.3) is 0 Å². The van der Waals surface area contributed by atoms with Crippen LogP contribution >= 0.6 is 0 Å². The van der Waals surface area contributed by atoms with E-state index in [9.17, 15) is 0 Å². The summed E-state index contributed by atoms with van der Waals surface area (Å²) < 4.78 is 2.19. The Morgan fingerprint density at radius 2 is 1.94 bits per heavy atom. The van der Waals surface area contributed by atoms with Gasteiger partial charge in [0.1, 0.15) is 0 Å². The first-order valence-corrected chi connectivity index (χ1v) is 6.87. The summed E-state index contributed by atoms with van der Waals surface area (Å²) in [6, 6.07) is 0.506. The molecule has 3 nitrogen and oxygen atoms in total. The normalized spacial score (nSPS) is 13.0. The molecule has 1 heterocycles. The molecule has 0 radical (unpaired) electrons. The molecule has 0 aliphatic rings. The van der Waals surface area contributed by atoms with Crippen molar-refractivity contribution in [3.8, 4) is 0 Å². The summed E-state index contributed by atoms with van der Waals surface area (Å²) in [5.74, 6) is 0. The highest BCUT2D eigenvalue weighted by molar-refractivity contribution is 5.25. The third kappa shape index (κ3) is 3.56. The number of nitrogens with one attached hydrogen (secondary N) is 1. The van der Waals surface area contributed by atoms with Crippen molar-refractivity contribution in [1.82, 2.24) is 15.1 Å². The zero-order valence-corrected chi connectivity index (χ0v) is 12.0. The average molecular weight is 237 g/mol. The van der Waals surface area contributed by atoms with Gasteiger partial charge in [-0.2, -0.15) is 5.10 Å². The van der Waals surface area contributed by atoms with E-state index < -0.39 is 0 Å². The molecule has 1 atom stereocenters. The molecule has 0 spiro atoms. The van der Waals surface area contributed by atoms with Crippen molar-refractivity contribution in [1.29, 1.82) is 0 Å². The van der Waals surface area contributed by atoms with Gasteiger partial charge in [-0.05, 0) is 58.7 Å². The second-order valence-corrected chi connectivity index (χ2v) is 4.85. The fraction of sp³-hybridized carbons (Fsp3) is 0.786. The molecule has 0 aliphatic carbocycles. The molecule has 0 saturated carbocycles. The van der Waals surface area contributed by atoms with Crippen molar-refractivity contribution in [2.75, 3.05) is 13.1 Å². The van der Waals surface area contributed by atoms with E-state index >= 15 is 0 Å². The lowest BCUT2D eigenvalue weighted by atomic mass is 10.1. The van der Waals surface area contributed by atoms with E-state index in [-0.39, 0.29) is 0 Å². The molecule has 1 aromatic heterocycles. The summed E-state index contributed by atoms with van der Waals surface area (Å²) in [6.45, 7) is 13.1. The van der Waals surface area contributed by atoms with Gasteiger partial charge in [0.2, 0.25) is 0 Å². The van der Waals surface area contributed by atoms with Gasteiger partial charge in [-0.25, -0.2) is 0 Å². The molecule has 3 heteroatoms. The van der Waals surface area contributed by atoms with E-state index in [0.29, 0.717) is 6.04 Å². The molecule has 0 saturated heterocycles. The molecular formula is C14H27N3. The molecule has 98 valence electrons. The first-order valence-electron chi connectivity index (χ1n) is 6.87. The van der Waals surface area contributed by atoms with Crippen LogP contribution in [0.5, 0.6) is 0 Å². The Bertz CT molecular complexity index is 341. The number of aromatic nitrogens is 2. The topological polar surface area (TPSA) is 29.9 Å². The zero-order valence-electron chi connectivity index (χ0n) is 12.0. The molecule has 1 N–H and O–H groups in total.